The maximum Gasteiger partial charge on any atom is 0.326 e. The summed E-state index contributed by atoms with van der Waals surface area (Å²) in [6, 6.07) is 5.83. The largest absolute Gasteiger partial charge is 0.497 e. The number of pyridine rings is 1. The molecule has 0 saturated carbocycles. The molecule has 2 aromatic rings. The predicted octanol–water partition coefficient (Wildman–Crippen LogP) is 2.26. The second-order valence-electron chi connectivity index (χ2n) is 10.9. The molecule has 2 rings (SSSR count). The number of hydrogen-bond acceptors (Lipinski definition) is 8. The molecule has 0 spiro atoms. The highest BCUT2D eigenvalue weighted by atomic mass is 16.5. The first-order valence-electron chi connectivity index (χ1n) is 13.4. The van der Waals surface area contributed by atoms with Crippen LogP contribution in [0.2, 0.25) is 0 Å². The van der Waals surface area contributed by atoms with E-state index in [2.05, 4.69) is 42.8 Å². The second kappa shape index (κ2) is 14.6. The molecule has 0 aliphatic heterocycles. The number of nitrogens with zero attached hydrogens (tertiary/aromatic N) is 1. The van der Waals surface area contributed by atoms with Gasteiger partial charge < -0.3 is 37.3 Å². The summed E-state index contributed by atoms with van der Waals surface area (Å²) in [5.41, 5.74) is 13.8. The van der Waals surface area contributed by atoms with E-state index < -0.39 is 29.9 Å². The molecule has 0 fully saturated rings. The first-order valence-corrected chi connectivity index (χ1v) is 13.4. The number of hydrogen-bond donors (Lipinski definition) is 6. The van der Waals surface area contributed by atoms with Gasteiger partial charge in [-0.15, -0.1) is 0 Å². The summed E-state index contributed by atoms with van der Waals surface area (Å²) in [4.78, 5) is 40.9. The number of methoxy groups -OCH3 is 1. The number of carbonyl (C=O) groups is 3. The number of aromatic nitrogens is 1. The van der Waals surface area contributed by atoms with Gasteiger partial charge in [0.1, 0.15) is 11.8 Å². The fourth-order valence-corrected chi connectivity index (χ4v) is 4.03. The van der Waals surface area contributed by atoms with Crippen molar-refractivity contribution in [3.05, 3.63) is 30.0 Å². The zero-order valence-corrected chi connectivity index (χ0v) is 23.7. The number of carboxylic acid groups (broad SMARTS) is 1. The van der Waals surface area contributed by atoms with Crippen LogP contribution in [-0.2, 0) is 19.8 Å². The van der Waals surface area contributed by atoms with Crippen molar-refractivity contribution < 1.29 is 24.2 Å². The standard InChI is InChI=1S/C28H44N6O5/c1-17(32-21-15-19(39-5)14-18-10-11-23(28(2,3)4)34-25(18)21)8-7-13-31-24(35)16-22(27(37)38)33-26(36)20(30)9-6-12-29/h10-11,14-15,17,20,22,32H,6-9,12-13,16,29-30H2,1-5H3,(H,31,35)(H,33,36)(H,37,38)/t17?,20-,22-/m1/s1. The molecule has 0 saturated heterocycles. The molecule has 8 N–H and O–H groups in total. The van der Waals surface area contributed by atoms with Crippen molar-refractivity contribution in [2.45, 2.75) is 83.3 Å². The minimum absolute atomic E-state index is 0.0679. The van der Waals surface area contributed by atoms with E-state index in [1.165, 1.54) is 0 Å². The highest BCUT2D eigenvalue weighted by Gasteiger charge is 2.25. The first kappa shape index (κ1) is 31.8. The van der Waals surface area contributed by atoms with Gasteiger partial charge in [-0.25, -0.2) is 4.79 Å². The minimum atomic E-state index is -1.35. The van der Waals surface area contributed by atoms with Crippen LogP contribution in [0, 0.1) is 0 Å². The summed E-state index contributed by atoms with van der Waals surface area (Å²) < 4.78 is 5.47. The summed E-state index contributed by atoms with van der Waals surface area (Å²) >= 11 is 0. The lowest BCUT2D eigenvalue weighted by Crippen LogP contribution is -2.50. The fourth-order valence-electron chi connectivity index (χ4n) is 4.03. The van der Waals surface area contributed by atoms with Gasteiger partial charge in [-0.3, -0.25) is 14.6 Å². The van der Waals surface area contributed by atoms with Crippen LogP contribution in [0.5, 0.6) is 5.75 Å². The Morgan fingerprint density at radius 1 is 1.13 bits per heavy atom. The Hall–Kier alpha value is -3.44. The van der Waals surface area contributed by atoms with Crippen LogP contribution in [0.3, 0.4) is 0 Å². The van der Waals surface area contributed by atoms with Gasteiger partial charge in [-0.1, -0.05) is 26.8 Å². The molecule has 1 aromatic carbocycles. The summed E-state index contributed by atoms with van der Waals surface area (Å²) in [6.07, 6.45) is 1.91. The van der Waals surface area contributed by atoms with Gasteiger partial charge in [0.05, 0.1) is 30.8 Å². The fraction of sp³-hybridized carbons (Fsp3) is 0.571. The third-order valence-corrected chi connectivity index (χ3v) is 6.37. The number of carbonyl (C=O) groups excluding carboxylic acids is 2. The van der Waals surface area contributed by atoms with Crippen LogP contribution in [0.15, 0.2) is 24.3 Å². The number of benzene rings is 1. The third kappa shape index (κ3) is 9.99. The normalized spacial score (nSPS) is 13.8. The number of rotatable bonds is 15. The zero-order chi connectivity index (χ0) is 29.2. The second-order valence-corrected chi connectivity index (χ2v) is 10.9. The van der Waals surface area contributed by atoms with Gasteiger partial charge in [-0.2, -0.15) is 0 Å². The highest BCUT2D eigenvalue weighted by Crippen LogP contribution is 2.31. The van der Waals surface area contributed by atoms with E-state index in [1.54, 1.807) is 7.11 Å². The van der Waals surface area contributed by atoms with Crippen LogP contribution >= 0.6 is 0 Å². The van der Waals surface area contributed by atoms with Crippen molar-refractivity contribution in [2.75, 3.05) is 25.5 Å². The number of carboxylic acids is 1. The number of nitrogens with one attached hydrogen (secondary N) is 3. The Morgan fingerprint density at radius 3 is 2.46 bits per heavy atom. The van der Waals surface area contributed by atoms with E-state index in [1.807, 2.05) is 25.1 Å². The summed E-state index contributed by atoms with van der Waals surface area (Å²) in [5.74, 6) is -1.64. The molecule has 2 amide bonds. The lowest BCUT2D eigenvalue weighted by Gasteiger charge is -2.21. The molecule has 39 heavy (non-hydrogen) atoms. The van der Waals surface area contributed by atoms with E-state index >= 15 is 0 Å². The van der Waals surface area contributed by atoms with Gasteiger partial charge in [0, 0.05) is 35.1 Å². The van der Waals surface area contributed by atoms with Crippen LogP contribution in [0.1, 0.15) is 65.5 Å². The lowest BCUT2D eigenvalue weighted by atomic mass is 9.91. The van der Waals surface area contributed by atoms with Crippen molar-refractivity contribution in [2.24, 2.45) is 11.5 Å². The van der Waals surface area contributed by atoms with Crippen LogP contribution in [0.4, 0.5) is 5.69 Å². The topological polar surface area (TPSA) is 182 Å². The molecular weight excluding hydrogens is 500 g/mol. The molecule has 3 atom stereocenters. The van der Waals surface area contributed by atoms with E-state index in [-0.39, 0.29) is 17.9 Å². The number of anilines is 1. The molecule has 0 bridgehead atoms. The number of ether oxygens (including phenoxy) is 1. The molecule has 1 heterocycles. The lowest BCUT2D eigenvalue weighted by molar-refractivity contribution is -0.143. The number of amides is 2. The van der Waals surface area contributed by atoms with E-state index in [4.69, 9.17) is 21.2 Å². The van der Waals surface area contributed by atoms with Crippen molar-refractivity contribution in [1.29, 1.82) is 0 Å². The minimum Gasteiger partial charge on any atom is -0.497 e. The Bertz CT molecular complexity index is 1130. The monoisotopic (exact) mass is 544 g/mol. The highest BCUT2D eigenvalue weighted by molar-refractivity contribution is 5.92. The molecule has 0 aliphatic carbocycles. The van der Waals surface area contributed by atoms with Crippen LogP contribution in [0.25, 0.3) is 10.9 Å². The van der Waals surface area contributed by atoms with Crippen molar-refractivity contribution >= 4 is 34.4 Å². The maximum atomic E-state index is 12.3. The molecule has 0 radical (unpaired) electrons. The quantitative estimate of drug-likeness (QED) is 0.183. The van der Waals surface area contributed by atoms with Gasteiger partial charge >= 0.3 is 5.97 Å². The van der Waals surface area contributed by atoms with Crippen molar-refractivity contribution in [3.63, 3.8) is 0 Å². The van der Waals surface area contributed by atoms with Gasteiger partial charge in [0.15, 0.2) is 0 Å². The summed E-state index contributed by atoms with van der Waals surface area (Å²) in [5, 5.41) is 19.0. The molecule has 11 heteroatoms. The van der Waals surface area contributed by atoms with Gasteiger partial charge in [0.2, 0.25) is 11.8 Å². The maximum absolute atomic E-state index is 12.3. The number of fused-ring (bicyclic) bond motifs is 1. The van der Waals surface area contributed by atoms with E-state index in [9.17, 15) is 19.5 Å². The van der Waals surface area contributed by atoms with Crippen molar-refractivity contribution in [1.82, 2.24) is 15.6 Å². The predicted molar refractivity (Wildman–Crippen MR) is 153 cm³/mol. The number of nitrogens with two attached hydrogens (primary N) is 2. The molecule has 11 nitrogen and oxygen atoms in total. The van der Waals surface area contributed by atoms with E-state index in [0.29, 0.717) is 32.4 Å². The third-order valence-electron chi connectivity index (χ3n) is 6.37. The average molecular weight is 545 g/mol. The van der Waals surface area contributed by atoms with Gasteiger partial charge in [0.25, 0.3) is 0 Å². The van der Waals surface area contributed by atoms with E-state index in [0.717, 1.165) is 34.5 Å². The average Bonchev–Trinajstić information content (AvgIpc) is 2.88. The summed E-state index contributed by atoms with van der Waals surface area (Å²) in [6.45, 7) is 9.17. The zero-order valence-electron chi connectivity index (χ0n) is 23.7. The molecular formula is C28H44N6O5. The summed E-state index contributed by atoms with van der Waals surface area (Å²) in [7, 11) is 1.63. The Morgan fingerprint density at radius 2 is 1.85 bits per heavy atom. The molecule has 1 unspecified atom stereocenters. The Labute approximate surface area is 230 Å². The first-order chi connectivity index (χ1) is 18.3. The SMILES string of the molecule is COc1cc(NC(C)CCCNC(=O)C[C@@H](NC(=O)[C@H](N)CCCN)C(=O)O)c2nc(C(C)(C)C)ccc2c1. The smallest absolute Gasteiger partial charge is 0.326 e. The Balaban J connectivity index is 1.91. The number of aliphatic carboxylic acids is 1. The van der Waals surface area contributed by atoms with Crippen LogP contribution < -0.4 is 32.2 Å². The Kier molecular flexibility index (Phi) is 11.9. The van der Waals surface area contributed by atoms with Crippen LogP contribution in [-0.4, -0.2) is 66.2 Å². The molecule has 1 aromatic heterocycles. The van der Waals surface area contributed by atoms with Gasteiger partial charge in [-0.05, 0) is 51.3 Å². The molecule has 216 valence electrons. The van der Waals surface area contributed by atoms with Crippen molar-refractivity contribution in [3.8, 4) is 5.75 Å². The molecule has 0 aliphatic rings.